The number of aromatic nitrogens is 2. The molecule has 1 N–H and O–H groups in total. The highest BCUT2D eigenvalue weighted by molar-refractivity contribution is 9.10. The lowest BCUT2D eigenvalue weighted by Crippen LogP contribution is -2.22. The lowest BCUT2D eigenvalue weighted by Gasteiger charge is -2.23. The topological polar surface area (TPSA) is 37.8 Å². The largest absolute Gasteiger partial charge is 0.313 e. The third kappa shape index (κ3) is 2.22. The summed E-state index contributed by atoms with van der Waals surface area (Å²) < 4.78 is 1.09. The van der Waals surface area contributed by atoms with Crippen LogP contribution in [0.3, 0.4) is 0 Å². The van der Waals surface area contributed by atoms with Gasteiger partial charge in [0, 0.05) is 33.3 Å². The standard InChI is InChI=1S/C13H14BrN3S/c1-15-10-3-2-4-11-9(10)6-16-13(17-11)12-5-8(14)7-18-12/h5-7,10,15H,2-4H2,1H3. The molecule has 0 aliphatic heterocycles. The van der Waals surface area contributed by atoms with Gasteiger partial charge in [0.2, 0.25) is 0 Å². The van der Waals surface area contributed by atoms with E-state index in [0.29, 0.717) is 6.04 Å². The van der Waals surface area contributed by atoms with Crippen LogP contribution in [0.1, 0.15) is 30.1 Å². The summed E-state index contributed by atoms with van der Waals surface area (Å²) in [6.45, 7) is 0. The molecule has 0 saturated carbocycles. The van der Waals surface area contributed by atoms with Crippen LogP contribution in [0.25, 0.3) is 10.7 Å². The quantitative estimate of drug-likeness (QED) is 0.918. The van der Waals surface area contributed by atoms with E-state index in [-0.39, 0.29) is 0 Å². The lowest BCUT2D eigenvalue weighted by molar-refractivity contribution is 0.488. The number of fused-ring (bicyclic) bond motifs is 1. The van der Waals surface area contributed by atoms with Crippen LogP contribution in [0.4, 0.5) is 0 Å². The summed E-state index contributed by atoms with van der Waals surface area (Å²) in [6.07, 6.45) is 5.43. The Morgan fingerprint density at radius 1 is 1.50 bits per heavy atom. The Bertz CT molecular complexity index is 567. The molecule has 5 heteroatoms. The Balaban J connectivity index is 2.00. The van der Waals surface area contributed by atoms with Crippen LogP contribution in [0, 0.1) is 0 Å². The van der Waals surface area contributed by atoms with E-state index in [1.165, 1.54) is 24.1 Å². The second-order valence-corrected chi connectivity index (χ2v) is 6.29. The van der Waals surface area contributed by atoms with Gasteiger partial charge in [0.1, 0.15) is 0 Å². The molecular weight excluding hydrogens is 310 g/mol. The van der Waals surface area contributed by atoms with Gasteiger partial charge in [-0.05, 0) is 48.3 Å². The monoisotopic (exact) mass is 323 g/mol. The van der Waals surface area contributed by atoms with Gasteiger partial charge >= 0.3 is 0 Å². The average molecular weight is 324 g/mol. The molecule has 0 saturated heterocycles. The maximum absolute atomic E-state index is 4.73. The number of thiophene rings is 1. The second-order valence-electron chi connectivity index (χ2n) is 4.46. The zero-order valence-electron chi connectivity index (χ0n) is 10.1. The van der Waals surface area contributed by atoms with Gasteiger partial charge in [-0.25, -0.2) is 9.97 Å². The molecule has 2 heterocycles. The van der Waals surface area contributed by atoms with Gasteiger partial charge in [-0.15, -0.1) is 11.3 Å². The van der Waals surface area contributed by atoms with Crippen molar-refractivity contribution in [1.29, 1.82) is 0 Å². The van der Waals surface area contributed by atoms with Crippen molar-refractivity contribution in [2.45, 2.75) is 25.3 Å². The van der Waals surface area contributed by atoms with Crippen molar-refractivity contribution in [2.24, 2.45) is 0 Å². The molecule has 0 spiro atoms. The van der Waals surface area contributed by atoms with Gasteiger partial charge in [-0.2, -0.15) is 0 Å². The van der Waals surface area contributed by atoms with Crippen LogP contribution in [-0.4, -0.2) is 17.0 Å². The Kier molecular flexibility index (Phi) is 3.46. The Morgan fingerprint density at radius 2 is 2.39 bits per heavy atom. The molecule has 1 aliphatic carbocycles. The third-order valence-electron chi connectivity index (χ3n) is 3.32. The van der Waals surface area contributed by atoms with E-state index in [9.17, 15) is 0 Å². The van der Waals surface area contributed by atoms with Gasteiger partial charge in [0.05, 0.1) is 4.88 Å². The second kappa shape index (κ2) is 5.07. The zero-order chi connectivity index (χ0) is 12.5. The minimum absolute atomic E-state index is 0.415. The Hall–Kier alpha value is -0.780. The predicted octanol–water partition coefficient (Wildman–Crippen LogP) is 3.56. The minimum atomic E-state index is 0.415. The molecule has 1 unspecified atom stereocenters. The Morgan fingerprint density at radius 3 is 3.11 bits per heavy atom. The van der Waals surface area contributed by atoms with Crippen molar-refractivity contribution in [2.75, 3.05) is 7.05 Å². The summed E-state index contributed by atoms with van der Waals surface area (Å²) in [6, 6.07) is 2.49. The van der Waals surface area contributed by atoms with Gasteiger partial charge in [-0.1, -0.05) is 0 Å². The first-order valence-electron chi connectivity index (χ1n) is 6.05. The smallest absolute Gasteiger partial charge is 0.169 e. The van der Waals surface area contributed by atoms with E-state index in [0.717, 1.165) is 21.6 Å². The van der Waals surface area contributed by atoms with E-state index in [1.807, 2.05) is 13.2 Å². The van der Waals surface area contributed by atoms with Crippen molar-refractivity contribution in [3.63, 3.8) is 0 Å². The highest BCUT2D eigenvalue weighted by atomic mass is 79.9. The van der Waals surface area contributed by atoms with E-state index in [1.54, 1.807) is 11.3 Å². The SMILES string of the molecule is CNC1CCCc2nc(-c3cc(Br)cs3)ncc21. The van der Waals surface area contributed by atoms with Crippen LogP contribution in [0.2, 0.25) is 0 Å². The maximum Gasteiger partial charge on any atom is 0.169 e. The van der Waals surface area contributed by atoms with E-state index in [4.69, 9.17) is 4.98 Å². The van der Waals surface area contributed by atoms with Gasteiger partial charge in [0.15, 0.2) is 5.82 Å². The first-order chi connectivity index (χ1) is 8.78. The molecule has 1 aliphatic rings. The fraction of sp³-hybridized carbons (Fsp3) is 0.385. The number of hydrogen-bond acceptors (Lipinski definition) is 4. The number of rotatable bonds is 2. The maximum atomic E-state index is 4.73. The minimum Gasteiger partial charge on any atom is -0.313 e. The number of hydrogen-bond donors (Lipinski definition) is 1. The normalized spacial score (nSPS) is 18.7. The molecule has 2 aromatic rings. The molecule has 0 amide bonds. The van der Waals surface area contributed by atoms with Crippen LogP contribution in [-0.2, 0) is 6.42 Å². The predicted molar refractivity (Wildman–Crippen MR) is 77.8 cm³/mol. The molecule has 94 valence electrons. The van der Waals surface area contributed by atoms with Crippen molar-refractivity contribution in [3.05, 3.63) is 33.4 Å². The molecule has 0 fully saturated rings. The average Bonchev–Trinajstić information content (AvgIpc) is 2.84. The Labute approximate surface area is 119 Å². The molecule has 0 bridgehead atoms. The number of nitrogens with zero attached hydrogens (tertiary/aromatic N) is 2. The molecule has 2 aromatic heterocycles. The summed E-state index contributed by atoms with van der Waals surface area (Å²) in [5, 5.41) is 5.40. The number of halogens is 1. The molecule has 3 nitrogen and oxygen atoms in total. The number of aryl methyl sites for hydroxylation is 1. The van der Waals surface area contributed by atoms with Crippen LogP contribution >= 0.6 is 27.3 Å². The summed E-state index contributed by atoms with van der Waals surface area (Å²) in [5.41, 5.74) is 2.47. The summed E-state index contributed by atoms with van der Waals surface area (Å²) in [5.74, 6) is 0.848. The molecule has 18 heavy (non-hydrogen) atoms. The van der Waals surface area contributed by atoms with E-state index >= 15 is 0 Å². The van der Waals surface area contributed by atoms with Crippen LogP contribution < -0.4 is 5.32 Å². The molecular formula is C13H14BrN3S. The summed E-state index contributed by atoms with van der Waals surface area (Å²) in [4.78, 5) is 10.4. The van der Waals surface area contributed by atoms with E-state index < -0.39 is 0 Å². The van der Waals surface area contributed by atoms with Crippen LogP contribution in [0.5, 0.6) is 0 Å². The third-order valence-corrected chi connectivity index (χ3v) is 5.01. The molecule has 0 aromatic carbocycles. The fourth-order valence-electron chi connectivity index (χ4n) is 2.40. The molecule has 1 atom stereocenters. The zero-order valence-corrected chi connectivity index (χ0v) is 12.5. The van der Waals surface area contributed by atoms with Gasteiger partial charge < -0.3 is 5.32 Å². The molecule has 3 rings (SSSR count). The lowest BCUT2D eigenvalue weighted by atomic mass is 9.92. The fourth-order valence-corrected chi connectivity index (χ4v) is 3.76. The first-order valence-corrected chi connectivity index (χ1v) is 7.72. The van der Waals surface area contributed by atoms with Crippen LogP contribution in [0.15, 0.2) is 22.1 Å². The van der Waals surface area contributed by atoms with Gasteiger partial charge in [0.25, 0.3) is 0 Å². The molecule has 0 radical (unpaired) electrons. The van der Waals surface area contributed by atoms with Crippen molar-refractivity contribution in [3.8, 4) is 10.7 Å². The van der Waals surface area contributed by atoms with Gasteiger partial charge in [-0.3, -0.25) is 0 Å². The summed E-state index contributed by atoms with van der Waals surface area (Å²) in [7, 11) is 2.00. The highest BCUT2D eigenvalue weighted by Gasteiger charge is 2.21. The highest BCUT2D eigenvalue weighted by Crippen LogP contribution is 2.31. The van der Waals surface area contributed by atoms with Crippen molar-refractivity contribution >= 4 is 27.3 Å². The van der Waals surface area contributed by atoms with E-state index in [2.05, 4.69) is 37.7 Å². The van der Waals surface area contributed by atoms with Crippen molar-refractivity contribution < 1.29 is 0 Å². The van der Waals surface area contributed by atoms with Crippen molar-refractivity contribution in [1.82, 2.24) is 15.3 Å². The first kappa shape index (κ1) is 12.3. The summed E-state index contributed by atoms with van der Waals surface area (Å²) >= 11 is 5.14. The number of nitrogens with one attached hydrogen (secondary N) is 1.